The summed E-state index contributed by atoms with van der Waals surface area (Å²) < 4.78 is 28.8. The van der Waals surface area contributed by atoms with Crippen molar-refractivity contribution in [1.82, 2.24) is 14.9 Å². The summed E-state index contributed by atoms with van der Waals surface area (Å²) in [6.07, 6.45) is 0. The molecule has 1 aromatic carbocycles. The Morgan fingerprint density at radius 1 is 1.50 bits per heavy atom. The van der Waals surface area contributed by atoms with Crippen molar-refractivity contribution in [2.75, 3.05) is 6.54 Å². The lowest BCUT2D eigenvalue weighted by Gasteiger charge is -2.16. The maximum atomic E-state index is 14.0. The smallest absolute Gasteiger partial charge is 0.242 e. The van der Waals surface area contributed by atoms with Crippen molar-refractivity contribution < 1.29 is 13.6 Å². The average molecular weight is 302 g/mol. The van der Waals surface area contributed by atoms with Gasteiger partial charge in [0.15, 0.2) is 11.6 Å². The van der Waals surface area contributed by atoms with Crippen molar-refractivity contribution >= 4 is 28.5 Å². The highest BCUT2D eigenvalue weighted by Gasteiger charge is 2.24. The van der Waals surface area contributed by atoms with Crippen LogP contribution in [-0.4, -0.2) is 22.0 Å². The fraction of sp³-hybridized carbons (Fsp3) is 0.385. The second-order valence-corrected chi connectivity index (χ2v) is 4.60. The van der Waals surface area contributed by atoms with Gasteiger partial charge in [-0.1, -0.05) is 0 Å². The number of halogens is 3. The van der Waals surface area contributed by atoms with Crippen LogP contribution in [0.15, 0.2) is 12.1 Å². The molecule has 1 unspecified atom stereocenters. The van der Waals surface area contributed by atoms with Crippen LogP contribution in [0, 0.1) is 11.6 Å². The van der Waals surface area contributed by atoms with Crippen LogP contribution in [0.4, 0.5) is 8.78 Å². The van der Waals surface area contributed by atoms with Crippen molar-refractivity contribution in [3.05, 3.63) is 29.6 Å². The van der Waals surface area contributed by atoms with Gasteiger partial charge in [0, 0.05) is 6.54 Å². The van der Waals surface area contributed by atoms with Crippen molar-refractivity contribution in [3.8, 4) is 0 Å². The number of imidazole rings is 1. The normalized spacial score (nSPS) is 12.7. The summed E-state index contributed by atoms with van der Waals surface area (Å²) in [6.45, 7) is 3.81. The van der Waals surface area contributed by atoms with E-state index < -0.39 is 17.7 Å². The first-order valence-corrected chi connectivity index (χ1v) is 6.73. The summed E-state index contributed by atoms with van der Waals surface area (Å²) in [4.78, 5) is 16.1. The Kier molecular flexibility index (Phi) is 4.23. The monoisotopic (exact) mass is 301 g/mol. The lowest BCUT2D eigenvalue weighted by molar-refractivity contribution is -0.123. The topological polar surface area (TPSA) is 46.9 Å². The Labute approximate surface area is 119 Å². The molecular weight excluding hydrogens is 288 g/mol. The molecule has 1 atom stereocenters. The molecule has 1 aromatic heterocycles. The minimum absolute atomic E-state index is 0.000512. The van der Waals surface area contributed by atoms with E-state index in [0.717, 1.165) is 6.07 Å². The van der Waals surface area contributed by atoms with Gasteiger partial charge in [-0.3, -0.25) is 4.79 Å². The number of nitrogens with one attached hydrogen (secondary N) is 1. The molecule has 0 saturated heterocycles. The summed E-state index contributed by atoms with van der Waals surface area (Å²) in [5.74, 6) is -1.99. The molecule has 4 nitrogen and oxygen atoms in total. The van der Waals surface area contributed by atoms with Crippen molar-refractivity contribution in [2.24, 2.45) is 0 Å². The second kappa shape index (κ2) is 5.75. The standard InChI is InChI=1S/C13H14ClF2N3O/c1-3-17-13(20)7(2)19-10(6-14)18-9-5-4-8(15)11(16)12(9)19/h4-5,7H,3,6H2,1-2H3,(H,17,20). The van der Waals surface area contributed by atoms with E-state index >= 15 is 0 Å². The third kappa shape index (κ3) is 2.35. The first-order chi connectivity index (χ1) is 9.51. The number of hydrogen-bond donors (Lipinski definition) is 1. The molecule has 0 spiro atoms. The van der Waals surface area contributed by atoms with Crippen molar-refractivity contribution in [2.45, 2.75) is 25.8 Å². The number of carbonyl (C=O) groups excluding carboxylic acids is 1. The summed E-state index contributed by atoms with van der Waals surface area (Å²) in [5.41, 5.74) is 0.232. The molecule has 0 fully saturated rings. The van der Waals surface area contributed by atoms with Gasteiger partial charge < -0.3 is 9.88 Å². The number of alkyl halides is 1. The minimum Gasteiger partial charge on any atom is -0.355 e. The third-order valence-electron chi connectivity index (χ3n) is 3.05. The number of fused-ring (bicyclic) bond motifs is 1. The lowest BCUT2D eigenvalue weighted by Crippen LogP contribution is -2.31. The van der Waals surface area contributed by atoms with Crippen molar-refractivity contribution in [1.29, 1.82) is 0 Å². The molecule has 2 aromatic rings. The van der Waals surface area contributed by atoms with Gasteiger partial charge in [0.05, 0.1) is 11.4 Å². The van der Waals surface area contributed by atoms with E-state index in [1.807, 2.05) is 0 Å². The number of benzene rings is 1. The molecule has 108 valence electrons. The number of amides is 1. The third-order valence-corrected chi connectivity index (χ3v) is 3.29. The van der Waals surface area contributed by atoms with E-state index in [1.165, 1.54) is 10.6 Å². The van der Waals surface area contributed by atoms with Crippen LogP contribution in [0.3, 0.4) is 0 Å². The summed E-state index contributed by atoms with van der Waals surface area (Å²) >= 11 is 5.79. The molecule has 0 aliphatic heterocycles. The second-order valence-electron chi connectivity index (χ2n) is 4.33. The van der Waals surface area contributed by atoms with Crippen LogP contribution in [0.2, 0.25) is 0 Å². The SMILES string of the molecule is CCNC(=O)C(C)n1c(CCl)nc2ccc(F)c(F)c21. The van der Waals surface area contributed by atoms with E-state index in [9.17, 15) is 13.6 Å². The number of carbonyl (C=O) groups is 1. The van der Waals surface area contributed by atoms with Gasteiger partial charge in [0.1, 0.15) is 17.4 Å². The Balaban J connectivity index is 2.66. The van der Waals surface area contributed by atoms with Gasteiger partial charge in [0.25, 0.3) is 0 Å². The highest BCUT2D eigenvalue weighted by molar-refractivity contribution is 6.17. The highest BCUT2D eigenvalue weighted by Crippen LogP contribution is 2.26. The molecule has 0 radical (unpaired) electrons. The molecule has 1 amide bonds. The molecule has 0 aliphatic carbocycles. The van der Waals surface area contributed by atoms with Gasteiger partial charge in [-0.25, -0.2) is 13.8 Å². The van der Waals surface area contributed by atoms with Crippen LogP contribution >= 0.6 is 11.6 Å². The van der Waals surface area contributed by atoms with E-state index in [1.54, 1.807) is 13.8 Å². The molecule has 2 rings (SSSR count). The van der Waals surface area contributed by atoms with Crippen LogP contribution in [-0.2, 0) is 10.7 Å². The maximum absolute atomic E-state index is 14.0. The zero-order valence-corrected chi connectivity index (χ0v) is 11.8. The maximum Gasteiger partial charge on any atom is 0.242 e. The molecule has 1 heterocycles. The first-order valence-electron chi connectivity index (χ1n) is 6.19. The van der Waals surface area contributed by atoms with E-state index in [-0.39, 0.29) is 22.8 Å². The summed E-state index contributed by atoms with van der Waals surface area (Å²) in [7, 11) is 0. The molecule has 7 heteroatoms. The Morgan fingerprint density at radius 3 is 2.80 bits per heavy atom. The molecule has 1 N–H and O–H groups in total. The van der Waals surface area contributed by atoms with Crippen LogP contribution < -0.4 is 5.32 Å². The molecule has 20 heavy (non-hydrogen) atoms. The number of rotatable bonds is 4. The van der Waals surface area contributed by atoms with Gasteiger partial charge >= 0.3 is 0 Å². The predicted molar refractivity (Wildman–Crippen MR) is 72.6 cm³/mol. The van der Waals surface area contributed by atoms with E-state index in [0.29, 0.717) is 12.4 Å². The number of likely N-dealkylation sites (N-methyl/N-ethyl adjacent to an activating group) is 1. The number of aromatic nitrogens is 2. The lowest BCUT2D eigenvalue weighted by atomic mass is 10.2. The predicted octanol–water partition coefficient (Wildman–Crippen LogP) is 2.75. The van der Waals surface area contributed by atoms with Gasteiger partial charge in [-0.05, 0) is 26.0 Å². The molecular formula is C13H14ClF2N3O. The Hall–Kier alpha value is -1.69. The zero-order chi connectivity index (χ0) is 14.9. The highest BCUT2D eigenvalue weighted by atomic mass is 35.5. The van der Waals surface area contributed by atoms with E-state index in [2.05, 4.69) is 10.3 Å². The largest absolute Gasteiger partial charge is 0.355 e. The van der Waals surface area contributed by atoms with Gasteiger partial charge in [-0.15, -0.1) is 11.6 Å². The summed E-state index contributed by atoms with van der Waals surface area (Å²) in [5, 5.41) is 2.64. The quantitative estimate of drug-likeness (QED) is 0.883. The molecule has 0 aliphatic rings. The first kappa shape index (κ1) is 14.7. The minimum atomic E-state index is -1.03. The van der Waals surface area contributed by atoms with Crippen LogP contribution in [0.1, 0.15) is 25.7 Å². The van der Waals surface area contributed by atoms with Gasteiger partial charge in [0.2, 0.25) is 5.91 Å². The van der Waals surface area contributed by atoms with Gasteiger partial charge in [-0.2, -0.15) is 0 Å². The Bertz CT molecular complexity index is 657. The molecule has 0 bridgehead atoms. The zero-order valence-electron chi connectivity index (χ0n) is 11.1. The van der Waals surface area contributed by atoms with Crippen molar-refractivity contribution in [3.63, 3.8) is 0 Å². The number of hydrogen-bond acceptors (Lipinski definition) is 2. The van der Waals surface area contributed by atoms with Crippen LogP contribution in [0.25, 0.3) is 11.0 Å². The fourth-order valence-corrected chi connectivity index (χ4v) is 2.31. The van der Waals surface area contributed by atoms with Crippen LogP contribution in [0.5, 0.6) is 0 Å². The number of nitrogens with zero attached hydrogens (tertiary/aromatic N) is 2. The fourth-order valence-electron chi connectivity index (χ4n) is 2.12. The van der Waals surface area contributed by atoms with E-state index in [4.69, 9.17) is 11.6 Å². The average Bonchev–Trinajstić information content (AvgIpc) is 2.81. The molecule has 0 saturated carbocycles. The Morgan fingerprint density at radius 2 is 2.20 bits per heavy atom. The summed E-state index contributed by atoms with van der Waals surface area (Å²) in [6, 6.07) is 1.64.